The molecule has 4 heteroatoms. The third-order valence-electron chi connectivity index (χ3n) is 0.491. The van der Waals surface area contributed by atoms with Gasteiger partial charge in [0.2, 0.25) is 0 Å². The second kappa shape index (κ2) is 2.16. The van der Waals surface area contributed by atoms with E-state index in [4.69, 9.17) is 23.4 Å². The molecule has 0 amide bonds. The first-order valence-corrected chi connectivity index (χ1v) is 3.20. The van der Waals surface area contributed by atoms with Gasteiger partial charge in [0, 0.05) is 18.0 Å². The molecule has 39 valence electrons. The first-order chi connectivity index (χ1) is 3.29. The van der Waals surface area contributed by atoms with Gasteiger partial charge < -0.3 is 0 Å². The smallest absolute Gasteiger partial charge is 0.127 e. The molecule has 1 aliphatic rings. The molecule has 7 heavy (non-hydrogen) atoms. The second-order valence-corrected chi connectivity index (χ2v) is 2.91. The highest BCUT2D eigenvalue weighted by Gasteiger charge is 2.07. The zero-order valence-electron chi connectivity index (χ0n) is 3.27. The van der Waals surface area contributed by atoms with Crippen molar-refractivity contribution in [1.82, 2.24) is 4.42 Å². The fourth-order valence-electron chi connectivity index (χ4n) is 0.259. The quantitative estimate of drug-likeness (QED) is 0.494. The zero-order valence-corrected chi connectivity index (χ0v) is 5.59. The van der Waals surface area contributed by atoms with Crippen molar-refractivity contribution in [3.05, 3.63) is 16.4 Å². The van der Waals surface area contributed by atoms with Gasteiger partial charge in [-0.3, -0.25) is 4.42 Å². The maximum absolute atomic E-state index is 5.47. The largest absolute Gasteiger partial charge is 0.274 e. The first kappa shape index (κ1) is 5.60. The minimum absolute atomic E-state index is 0.704. The van der Waals surface area contributed by atoms with Gasteiger partial charge in [0.05, 0.1) is 4.36 Å². The van der Waals surface area contributed by atoms with E-state index in [0.29, 0.717) is 4.36 Å². The van der Waals surface area contributed by atoms with Gasteiger partial charge in [-0.2, -0.15) is 0 Å². The third-order valence-corrected chi connectivity index (χ3v) is 1.83. The summed E-state index contributed by atoms with van der Waals surface area (Å²) in [5.41, 5.74) is 0. The fourth-order valence-corrected chi connectivity index (χ4v) is 1.24. The highest BCUT2D eigenvalue weighted by Crippen LogP contribution is 2.32. The van der Waals surface area contributed by atoms with Gasteiger partial charge in [0.1, 0.15) is 5.88 Å². The average Bonchev–Trinajstić information content (AvgIpc) is 1.87. The van der Waals surface area contributed by atoms with E-state index in [1.54, 1.807) is 12.1 Å². The zero-order chi connectivity index (χ0) is 5.28. The van der Waals surface area contributed by atoms with E-state index in [1.807, 2.05) is 0 Å². The molecule has 0 aromatic heterocycles. The molecule has 0 aromatic rings. The normalized spacial score (nSPS) is 20.3. The Morgan fingerprint density at radius 1 is 1.71 bits per heavy atom. The summed E-state index contributed by atoms with van der Waals surface area (Å²) in [5.74, 6) is 1.71. The molecule has 1 rings (SSSR count). The van der Waals surface area contributed by atoms with Crippen LogP contribution in [0.2, 0.25) is 0 Å². The van der Waals surface area contributed by atoms with Crippen LogP contribution in [0.15, 0.2) is 10.6 Å². The highest BCUT2D eigenvalue weighted by molar-refractivity contribution is 8.06. The van der Waals surface area contributed by atoms with E-state index in [9.17, 15) is 0 Å². The Morgan fingerprint density at radius 3 is 2.57 bits per heavy atom. The molecule has 0 atom stereocenters. The topological polar surface area (TPSA) is 3.24 Å². The average molecular weight is 155 g/mol. The number of halogens is 2. The summed E-state index contributed by atoms with van der Waals surface area (Å²) >= 11 is 12.3. The van der Waals surface area contributed by atoms with Gasteiger partial charge in [0.25, 0.3) is 0 Å². The van der Waals surface area contributed by atoms with Crippen LogP contribution in [0.25, 0.3) is 0 Å². The van der Waals surface area contributed by atoms with Crippen molar-refractivity contribution in [1.29, 1.82) is 0 Å². The van der Waals surface area contributed by atoms with E-state index >= 15 is 0 Å². The minimum Gasteiger partial charge on any atom is -0.274 e. The van der Waals surface area contributed by atoms with Crippen LogP contribution < -0.4 is 0 Å². The molecule has 1 nitrogen and oxygen atoms in total. The van der Waals surface area contributed by atoms with Crippen molar-refractivity contribution in [2.45, 2.75) is 0 Å². The molecule has 0 aliphatic carbocycles. The predicted octanol–water partition coefficient (Wildman–Crippen LogP) is 2.35. The van der Waals surface area contributed by atoms with E-state index in [2.05, 4.69) is 0 Å². The maximum atomic E-state index is 5.47. The van der Waals surface area contributed by atoms with E-state index in [1.165, 1.54) is 16.2 Å². The van der Waals surface area contributed by atoms with Crippen molar-refractivity contribution in [3.8, 4) is 0 Å². The molecule has 0 bridgehead atoms. The summed E-state index contributed by atoms with van der Waals surface area (Å²) in [4.78, 5) is 0. The Hall–Kier alpha value is 0.470. The Labute approximate surface area is 56.4 Å². The molecule has 0 saturated carbocycles. The number of thioether (sulfide) groups is 1. The number of hydrogen-bond donors (Lipinski definition) is 0. The maximum Gasteiger partial charge on any atom is 0.127 e. The highest BCUT2D eigenvalue weighted by atomic mass is 35.5. The van der Waals surface area contributed by atoms with Crippen molar-refractivity contribution in [2.24, 2.45) is 0 Å². The molecular formula is C3H2Cl2NS. The van der Waals surface area contributed by atoms with Crippen molar-refractivity contribution < 1.29 is 0 Å². The van der Waals surface area contributed by atoms with Crippen LogP contribution in [0.4, 0.5) is 0 Å². The van der Waals surface area contributed by atoms with Crippen LogP contribution in [0.3, 0.4) is 0 Å². The fraction of sp³-hybridized carbons (Fsp3) is 0. The van der Waals surface area contributed by atoms with Gasteiger partial charge >= 0.3 is 0 Å². The molecule has 0 N–H and O–H groups in total. The molecule has 0 spiro atoms. The van der Waals surface area contributed by atoms with Crippen molar-refractivity contribution in [2.75, 3.05) is 0 Å². The Balaban J connectivity index is 2.50. The molecule has 0 fully saturated rings. The summed E-state index contributed by atoms with van der Waals surface area (Å²) in [5, 5.41) is 0. The molecular weight excluding hydrogens is 153 g/mol. The third kappa shape index (κ3) is 1.44. The van der Waals surface area contributed by atoms with Crippen LogP contribution >= 0.6 is 35.1 Å². The molecule has 0 aromatic carbocycles. The lowest BCUT2D eigenvalue weighted by Gasteiger charge is -1.94. The Kier molecular flexibility index (Phi) is 1.73. The van der Waals surface area contributed by atoms with Crippen LogP contribution in [-0.2, 0) is 0 Å². The SMILES string of the molecule is ClC1=CN(Cl)[CH]S1. The van der Waals surface area contributed by atoms with Gasteiger partial charge in [-0.05, 0) is 0 Å². The van der Waals surface area contributed by atoms with Gasteiger partial charge in [0.15, 0.2) is 0 Å². The first-order valence-electron chi connectivity index (χ1n) is 1.60. The summed E-state index contributed by atoms with van der Waals surface area (Å²) in [6, 6.07) is 0. The van der Waals surface area contributed by atoms with Crippen LogP contribution in [0, 0.1) is 5.88 Å². The lowest BCUT2D eigenvalue weighted by atomic mass is 11.0. The lowest BCUT2D eigenvalue weighted by molar-refractivity contribution is 0.814. The summed E-state index contributed by atoms with van der Waals surface area (Å²) in [7, 11) is 0. The molecule has 1 heterocycles. The Bertz CT molecular complexity index is 103. The molecule has 1 radical (unpaired) electrons. The van der Waals surface area contributed by atoms with Gasteiger partial charge in [-0.25, -0.2) is 0 Å². The number of nitrogens with zero attached hydrogens (tertiary/aromatic N) is 1. The van der Waals surface area contributed by atoms with E-state index in [-0.39, 0.29) is 0 Å². The Morgan fingerprint density at radius 2 is 2.43 bits per heavy atom. The number of hydrogen-bond acceptors (Lipinski definition) is 2. The summed E-state index contributed by atoms with van der Waals surface area (Å²) < 4.78 is 2.10. The van der Waals surface area contributed by atoms with Crippen molar-refractivity contribution in [3.63, 3.8) is 0 Å². The van der Waals surface area contributed by atoms with Gasteiger partial charge in [-0.15, -0.1) is 0 Å². The van der Waals surface area contributed by atoms with Crippen molar-refractivity contribution >= 4 is 35.1 Å². The molecule has 0 unspecified atom stereocenters. The van der Waals surface area contributed by atoms with E-state index < -0.39 is 0 Å². The summed E-state index contributed by atoms with van der Waals surface area (Å²) in [6.45, 7) is 0. The van der Waals surface area contributed by atoms with Crippen LogP contribution in [0.5, 0.6) is 0 Å². The van der Waals surface area contributed by atoms with E-state index in [0.717, 1.165) is 0 Å². The lowest BCUT2D eigenvalue weighted by Crippen LogP contribution is -1.86. The molecule has 1 aliphatic heterocycles. The monoisotopic (exact) mass is 154 g/mol. The van der Waals surface area contributed by atoms with Gasteiger partial charge in [-0.1, -0.05) is 23.4 Å². The van der Waals surface area contributed by atoms with Crippen LogP contribution in [0.1, 0.15) is 0 Å². The van der Waals surface area contributed by atoms with Crippen LogP contribution in [-0.4, -0.2) is 4.42 Å². The molecule has 0 saturated heterocycles. The number of rotatable bonds is 0. The summed E-state index contributed by atoms with van der Waals surface area (Å²) in [6.07, 6.45) is 1.63. The minimum atomic E-state index is 0.704. The second-order valence-electron chi connectivity index (χ2n) is 1.00. The standard InChI is InChI=1S/C3H2Cl2NS/c4-3-1-6(5)2-7-3/h1-2H. The predicted molar refractivity (Wildman–Crippen MR) is 33.5 cm³/mol.